The van der Waals surface area contributed by atoms with Crippen LogP contribution in [-0.4, -0.2) is 16.7 Å². The topological polar surface area (TPSA) is 69.0 Å². The fourth-order valence-electron chi connectivity index (χ4n) is 0.976. The Kier molecular flexibility index (Phi) is 4.71. The van der Waals surface area contributed by atoms with Gasteiger partial charge in [-0.2, -0.15) is 0 Å². The molecule has 0 rings (SSSR count). The lowest BCUT2D eigenvalue weighted by atomic mass is 10.00. The average Bonchev–Trinajstić information content (AvgIpc) is 1.84. The van der Waals surface area contributed by atoms with Gasteiger partial charge in [0.05, 0.1) is 5.60 Å². The second-order valence-electron chi connectivity index (χ2n) is 3.76. The molecular weight excluding hydrogens is 154 g/mol. The highest BCUT2D eigenvalue weighted by atomic mass is 16.3. The van der Waals surface area contributed by atoms with E-state index in [0.717, 1.165) is 19.3 Å². The third-order valence-electron chi connectivity index (χ3n) is 1.66. The lowest BCUT2D eigenvalue weighted by Gasteiger charge is -2.16. The van der Waals surface area contributed by atoms with Crippen LogP contribution in [-0.2, 0) is 0 Å². The molecule has 0 aromatic rings. The maximum absolute atomic E-state index is 9.36. The molecule has 0 radical (unpaired) electrons. The first-order chi connectivity index (χ1) is 5.45. The molecule has 1 N–H and O–H groups in total. The standard InChI is InChI=1S/C8H17N3O/c1-7(10-11-9)5-4-6-8(2,3)12/h7,12H,4-6H2,1-3H3. The second kappa shape index (κ2) is 5.01. The Morgan fingerprint density at radius 1 is 1.58 bits per heavy atom. The molecule has 0 heterocycles. The molecule has 70 valence electrons. The first-order valence-corrected chi connectivity index (χ1v) is 4.22. The molecule has 1 atom stereocenters. The van der Waals surface area contributed by atoms with Crippen molar-refractivity contribution in [1.29, 1.82) is 0 Å². The van der Waals surface area contributed by atoms with Crippen LogP contribution < -0.4 is 0 Å². The minimum atomic E-state index is -0.601. The van der Waals surface area contributed by atoms with Crippen LogP contribution in [0.4, 0.5) is 0 Å². The van der Waals surface area contributed by atoms with Crippen LogP contribution in [0.15, 0.2) is 5.11 Å². The molecule has 0 saturated heterocycles. The number of azide groups is 1. The Morgan fingerprint density at radius 3 is 2.58 bits per heavy atom. The molecule has 1 unspecified atom stereocenters. The van der Waals surface area contributed by atoms with Gasteiger partial charge in [-0.05, 0) is 32.2 Å². The van der Waals surface area contributed by atoms with E-state index in [-0.39, 0.29) is 6.04 Å². The Balaban J connectivity index is 3.50. The lowest BCUT2D eigenvalue weighted by Crippen LogP contribution is -2.18. The van der Waals surface area contributed by atoms with Crippen LogP contribution in [0.2, 0.25) is 0 Å². The summed E-state index contributed by atoms with van der Waals surface area (Å²) in [4.78, 5) is 2.71. The van der Waals surface area contributed by atoms with Gasteiger partial charge in [0.1, 0.15) is 0 Å². The molecule has 0 aliphatic heterocycles. The van der Waals surface area contributed by atoms with Crippen molar-refractivity contribution in [2.24, 2.45) is 5.11 Å². The SMILES string of the molecule is CC(CCCC(C)(C)O)N=[N+]=[N-]. The van der Waals surface area contributed by atoms with Crippen molar-refractivity contribution < 1.29 is 5.11 Å². The summed E-state index contributed by atoms with van der Waals surface area (Å²) in [6.45, 7) is 5.44. The van der Waals surface area contributed by atoms with Gasteiger partial charge >= 0.3 is 0 Å². The van der Waals surface area contributed by atoms with E-state index >= 15 is 0 Å². The average molecular weight is 171 g/mol. The van der Waals surface area contributed by atoms with Crippen LogP contribution in [0.1, 0.15) is 40.0 Å². The normalized spacial score (nSPS) is 13.7. The van der Waals surface area contributed by atoms with Gasteiger partial charge in [-0.1, -0.05) is 18.5 Å². The summed E-state index contributed by atoms with van der Waals surface area (Å²) in [6.07, 6.45) is 2.48. The number of hydrogen-bond donors (Lipinski definition) is 1. The molecule has 0 aliphatic rings. The van der Waals surface area contributed by atoms with Gasteiger partial charge in [0, 0.05) is 11.0 Å². The summed E-state index contributed by atoms with van der Waals surface area (Å²) in [7, 11) is 0. The van der Waals surface area contributed by atoms with Crippen molar-refractivity contribution in [3.05, 3.63) is 10.4 Å². The van der Waals surface area contributed by atoms with Crippen molar-refractivity contribution in [3.63, 3.8) is 0 Å². The van der Waals surface area contributed by atoms with E-state index in [1.54, 1.807) is 13.8 Å². The number of aliphatic hydroxyl groups is 1. The van der Waals surface area contributed by atoms with E-state index in [1.165, 1.54) is 0 Å². The van der Waals surface area contributed by atoms with Gasteiger partial charge in [-0.3, -0.25) is 0 Å². The molecule has 0 bridgehead atoms. The second-order valence-corrected chi connectivity index (χ2v) is 3.76. The Bertz CT molecular complexity index is 168. The van der Waals surface area contributed by atoms with Crippen LogP contribution >= 0.6 is 0 Å². The summed E-state index contributed by atoms with van der Waals surface area (Å²) in [5.74, 6) is 0. The lowest BCUT2D eigenvalue weighted by molar-refractivity contribution is 0.0678. The van der Waals surface area contributed by atoms with Crippen LogP contribution in [0.25, 0.3) is 10.4 Å². The Hall–Kier alpha value is -0.730. The highest BCUT2D eigenvalue weighted by Crippen LogP contribution is 2.14. The van der Waals surface area contributed by atoms with Gasteiger partial charge in [0.2, 0.25) is 0 Å². The van der Waals surface area contributed by atoms with Gasteiger partial charge in [-0.25, -0.2) is 0 Å². The van der Waals surface area contributed by atoms with Crippen molar-refractivity contribution in [2.75, 3.05) is 0 Å². The predicted molar refractivity (Wildman–Crippen MR) is 48.8 cm³/mol. The maximum atomic E-state index is 9.36. The first kappa shape index (κ1) is 11.3. The summed E-state index contributed by atoms with van der Waals surface area (Å²) in [5, 5.41) is 12.9. The monoisotopic (exact) mass is 171 g/mol. The minimum Gasteiger partial charge on any atom is -0.390 e. The van der Waals surface area contributed by atoms with E-state index in [9.17, 15) is 5.11 Å². The Morgan fingerprint density at radius 2 is 2.17 bits per heavy atom. The molecule has 0 saturated carbocycles. The van der Waals surface area contributed by atoms with E-state index in [1.807, 2.05) is 6.92 Å². The zero-order valence-electron chi connectivity index (χ0n) is 7.99. The smallest absolute Gasteiger partial charge is 0.0591 e. The molecular formula is C8H17N3O. The summed E-state index contributed by atoms with van der Waals surface area (Å²) >= 11 is 0. The third kappa shape index (κ3) is 7.38. The van der Waals surface area contributed by atoms with Crippen molar-refractivity contribution in [2.45, 2.75) is 51.7 Å². The van der Waals surface area contributed by atoms with E-state index < -0.39 is 5.60 Å². The van der Waals surface area contributed by atoms with Crippen molar-refractivity contribution >= 4 is 0 Å². The molecule has 0 fully saturated rings. The van der Waals surface area contributed by atoms with Crippen LogP contribution in [0, 0.1) is 0 Å². The molecule has 0 spiro atoms. The fourth-order valence-corrected chi connectivity index (χ4v) is 0.976. The van der Waals surface area contributed by atoms with Crippen LogP contribution in [0.3, 0.4) is 0 Å². The number of nitrogens with zero attached hydrogens (tertiary/aromatic N) is 3. The molecule has 4 heteroatoms. The molecule has 0 aliphatic carbocycles. The molecule has 4 nitrogen and oxygen atoms in total. The summed E-state index contributed by atoms with van der Waals surface area (Å²) < 4.78 is 0. The fraction of sp³-hybridized carbons (Fsp3) is 1.00. The van der Waals surface area contributed by atoms with Gasteiger partial charge in [0.15, 0.2) is 0 Å². The highest BCUT2D eigenvalue weighted by Gasteiger charge is 2.11. The highest BCUT2D eigenvalue weighted by molar-refractivity contribution is 4.67. The van der Waals surface area contributed by atoms with Gasteiger partial charge in [-0.15, -0.1) is 0 Å². The Labute approximate surface area is 73.2 Å². The van der Waals surface area contributed by atoms with Crippen molar-refractivity contribution in [3.8, 4) is 0 Å². The molecule has 0 aromatic carbocycles. The van der Waals surface area contributed by atoms with E-state index in [0.29, 0.717) is 0 Å². The minimum absolute atomic E-state index is 0.0392. The summed E-state index contributed by atoms with van der Waals surface area (Å²) in [6, 6.07) is 0.0392. The summed E-state index contributed by atoms with van der Waals surface area (Å²) in [5.41, 5.74) is 7.50. The zero-order chi connectivity index (χ0) is 9.61. The van der Waals surface area contributed by atoms with Gasteiger partial charge < -0.3 is 5.11 Å². The predicted octanol–water partition coefficient (Wildman–Crippen LogP) is 2.63. The first-order valence-electron chi connectivity index (χ1n) is 4.22. The third-order valence-corrected chi connectivity index (χ3v) is 1.66. The largest absolute Gasteiger partial charge is 0.390 e. The van der Waals surface area contributed by atoms with Crippen LogP contribution in [0.5, 0.6) is 0 Å². The number of rotatable bonds is 5. The quantitative estimate of drug-likeness (QED) is 0.385. The molecule has 12 heavy (non-hydrogen) atoms. The maximum Gasteiger partial charge on any atom is 0.0591 e. The van der Waals surface area contributed by atoms with E-state index in [2.05, 4.69) is 10.0 Å². The van der Waals surface area contributed by atoms with E-state index in [4.69, 9.17) is 5.53 Å². The van der Waals surface area contributed by atoms with Gasteiger partial charge in [0.25, 0.3) is 0 Å². The zero-order valence-corrected chi connectivity index (χ0v) is 7.99. The molecule has 0 aromatic heterocycles. The molecule has 0 amide bonds. The van der Waals surface area contributed by atoms with Crippen molar-refractivity contribution in [1.82, 2.24) is 0 Å². The number of hydrogen-bond acceptors (Lipinski definition) is 2.